The van der Waals surface area contributed by atoms with Gasteiger partial charge in [-0.3, -0.25) is 9.69 Å². The third-order valence-electron chi connectivity index (χ3n) is 5.54. The number of nitrogens with zero attached hydrogens (tertiary/aromatic N) is 5. The van der Waals surface area contributed by atoms with E-state index < -0.39 is 0 Å². The van der Waals surface area contributed by atoms with Gasteiger partial charge in [-0.25, -0.2) is 4.98 Å². The fraction of sp³-hybridized carbons (Fsp3) is 0.364. The lowest BCUT2D eigenvalue weighted by Crippen LogP contribution is -2.34. The van der Waals surface area contributed by atoms with Crippen molar-refractivity contribution < 1.29 is 14.3 Å². The average molecular weight is 405 g/mol. The van der Waals surface area contributed by atoms with Crippen LogP contribution >= 0.6 is 0 Å². The van der Waals surface area contributed by atoms with Gasteiger partial charge in [0, 0.05) is 32.3 Å². The molecule has 0 fully saturated rings. The first-order valence-corrected chi connectivity index (χ1v) is 10.2. The van der Waals surface area contributed by atoms with Gasteiger partial charge < -0.3 is 14.0 Å². The van der Waals surface area contributed by atoms with E-state index in [0.717, 1.165) is 31.0 Å². The van der Waals surface area contributed by atoms with E-state index in [-0.39, 0.29) is 11.9 Å². The minimum absolute atomic E-state index is 0.0459. The molecule has 8 heteroatoms. The molecule has 0 radical (unpaired) electrons. The highest BCUT2D eigenvalue weighted by Gasteiger charge is 2.25. The highest BCUT2D eigenvalue weighted by Crippen LogP contribution is 2.34. The predicted molar refractivity (Wildman–Crippen MR) is 108 cm³/mol. The topological polar surface area (TPSA) is 82.4 Å². The molecule has 8 nitrogen and oxygen atoms in total. The van der Waals surface area contributed by atoms with Gasteiger partial charge >= 0.3 is 0 Å². The molecule has 154 valence electrons. The Kier molecular flexibility index (Phi) is 4.92. The van der Waals surface area contributed by atoms with E-state index in [9.17, 15) is 4.79 Å². The minimum atomic E-state index is -0.162. The Hall–Kier alpha value is -3.26. The second-order valence-corrected chi connectivity index (χ2v) is 7.54. The Morgan fingerprint density at radius 1 is 1.17 bits per heavy atom. The number of fused-ring (bicyclic) bond motifs is 2. The molecule has 30 heavy (non-hydrogen) atoms. The maximum absolute atomic E-state index is 12.0. The maximum Gasteiger partial charge on any atom is 0.257 e. The molecule has 2 aliphatic rings. The standard InChI is InChI=1S/C22H23N5O3/c1-2-17(28)21-25-24-20-13-26(10-11-27(20)21)12-15-5-7-16(8-6-15)19-14-29-18-4-3-9-23-22(18)30-19/h3-9,19H,2,10-14H2,1H3/t19-/m1/s1. The Morgan fingerprint density at radius 3 is 2.87 bits per heavy atom. The number of Topliss-reactive ketones (excluding diaryl/α,β-unsaturated/α-hetero) is 1. The van der Waals surface area contributed by atoms with Gasteiger partial charge in [0.25, 0.3) is 5.88 Å². The van der Waals surface area contributed by atoms with Gasteiger partial charge in [-0.05, 0) is 23.3 Å². The monoisotopic (exact) mass is 405 g/mol. The highest BCUT2D eigenvalue weighted by molar-refractivity contribution is 5.92. The Labute approximate surface area is 174 Å². The Bertz CT molecular complexity index is 1060. The number of ketones is 1. The molecule has 0 aliphatic carbocycles. The van der Waals surface area contributed by atoms with E-state index in [1.54, 1.807) is 6.20 Å². The molecule has 1 aromatic carbocycles. The quantitative estimate of drug-likeness (QED) is 0.604. The van der Waals surface area contributed by atoms with E-state index in [0.29, 0.717) is 37.0 Å². The fourth-order valence-corrected chi connectivity index (χ4v) is 3.88. The van der Waals surface area contributed by atoms with Crippen molar-refractivity contribution in [2.75, 3.05) is 13.2 Å². The third kappa shape index (κ3) is 3.54. The second-order valence-electron chi connectivity index (χ2n) is 7.54. The van der Waals surface area contributed by atoms with Crippen molar-refractivity contribution >= 4 is 5.78 Å². The van der Waals surface area contributed by atoms with Crippen molar-refractivity contribution in [2.45, 2.75) is 39.1 Å². The molecule has 0 N–H and O–H groups in total. The van der Waals surface area contributed by atoms with Crippen LogP contribution in [0.25, 0.3) is 0 Å². The van der Waals surface area contributed by atoms with Gasteiger partial charge in [-0.1, -0.05) is 31.2 Å². The van der Waals surface area contributed by atoms with Crippen LogP contribution in [0.1, 0.15) is 47.0 Å². The van der Waals surface area contributed by atoms with Gasteiger partial charge in [0.15, 0.2) is 23.5 Å². The van der Waals surface area contributed by atoms with Gasteiger partial charge in [-0.15, -0.1) is 10.2 Å². The first-order valence-electron chi connectivity index (χ1n) is 10.2. The molecule has 5 rings (SSSR count). The van der Waals surface area contributed by atoms with Crippen LogP contribution in [-0.2, 0) is 19.6 Å². The van der Waals surface area contributed by atoms with Crippen LogP contribution in [0.3, 0.4) is 0 Å². The molecular formula is C22H23N5O3. The Morgan fingerprint density at radius 2 is 2.03 bits per heavy atom. The van der Waals surface area contributed by atoms with E-state index in [2.05, 4.69) is 44.3 Å². The molecule has 0 bridgehead atoms. The molecule has 0 unspecified atom stereocenters. The number of ether oxygens (including phenoxy) is 2. The first kappa shape index (κ1) is 18.7. The lowest BCUT2D eigenvalue weighted by molar-refractivity contribution is 0.0850. The van der Waals surface area contributed by atoms with Crippen molar-refractivity contribution in [2.24, 2.45) is 0 Å². The summed E-state index contributed by atoms with van der Waals surface area (Å²) in [7, 11) is 0. The van der Waals surface area contributed by atoms with Crippen LogP contribution in [0.4, 0.5) is 0 Å². The SMILES string of the molecule is CCC(=O)c1nnc2n1CCN(Cc1ccc([C@H]3COc4cccnc4O3)cc1)C2. The normalized spacial score (nSPS) is 18.1. The third-order valence-corrected chi connectivity index (χ3v) is 5.54. The van der Waals surface area contributed by atoms with Crippen molar-refractivity contribution in [3.8, 4) is 11.6 Å². The molecule has 0 saturated carbocycles. The summed E-state index contributed by atoms with van der Waals surface area (Å²) in [4.78, 5) is 18.5. The van der Waals surface area contributed by atoms with Crippen LogP contribution < -0.4 is 9.47 Å². The van der Waals surface area contributed by atoms with Gasteiger partial charge in [0.1, 0.15) is 12.4 Å². The van der Waals surface area contributed by atoms with E-state index >= 15 is 0 Å². The van der Waals surface area contributed by atoms with Gasteiger partial charge in [-0.2, -0.15) is 0 Å². The molecule has 3 aromatic rings. The molecule has 2 aliphatic heterocycles. The Balaban J connectivity index is 1.23. The summed E-state index contributed by atoms with van der Waals surface area (Å²) in [6, 6.07) is 12.1. The summed E-state index contributed by atoms with van der Waals surface area (Å²) in [5.41, 5.74) is 2.28. The molecule has 2 aromatic heterocycles. The highest BCUT2D eigenvalue weighted by atomic mass is 16.6. The fourth-order valence-electron chi connectivity index (χ4n) is 3.88. The zero-order valence-electron chi connectivity index (χ0n) is 16.8. The van der Waals surface area contributed by atoms with Crippen LogP contribution in [0.15, 0.2) is 42.6 Å². The summed E-state index contributed by atoms with van der Waals surface area (Å²) in [6.45, 7) is 5.42. The minimum Gasteiger partial charge on any atom is -0.484 e. The number of pyridine rings is 1. The van der Waals surface area contributed by atoms with Crippen LogP contribution in [-0.4, -0.2) is 43.6 Å². The number of hydrogen-bond acceptors (Lipinski definition) is 7. The van der Waals surface area contributed by atoms with E-state index in [1.807, 2.05) is 23.6 Å². The second kappa shape index (κ2) is 7.87. The molecule has 0 saturated heterocycles. The zero-order chi connectivity index (χ0) is 20.5. The average Bonchev–Trinajstić information content (AvgIpc) is 3.22. The molecule has 1 atom stereocenters. The summed E-state index contributed by atoms with van der Waals surface area (Å²) in [6.07, 6.45) is 1.99. The summed E-state index contributed by atoms with van der Waals surface area (Å²) in [5, 5.41) is 8.32. The molecule has 4 heterocycles. The van der Waals surface area contributed by atoms with Crippen molar-refractivity contribution in [1.82, 2.24) is 24.6 Å². The molecule has 0 spiro atoms. The summed E-state index contributed by atoms with van der Waals surface area (Å²) < 4.78 is 13.7. The zero-order valence-corrected chi connectivity index (χ0v) is 16.8. The predicted octanol–water partition coefficient (Wildman–Crippen LogP) is 2.79. The molecule has 0 amide bonds. The van der Waals surface area contributed by atoms with Crippen molar-refractivity contribution in [3.63, 3.8) is 0 Å². The lowest BCUT2D eigenvalue weighted by atomic mass is 10.1. The number of aromatic nitrogens is 4. The number of carbonyl (C=O) groups is 1. The summed E-state index contributed by atoms with van der Waals surface area (Å²) >= 11 is 0. The number of benzene rings is 1. The van der Waals surface area contributed by atoms with E-state index in [4.69, 9.17) is 9.47 Å². The van der Waals surface area contributed by atoms with Crippen LogP contribution in [0.2, 0.25) is 0 Å². The largest absolute Gasteiger partial charge is 0.484 e. The first-order chi connectivity index (χ1) is 14.7. The number of rotatable bonds is 5. The van der Waals surface area contributed by atoms with Gasteiger partial charge in [0.2, 0.25) is 0 Å². The summed E-state index contributed by atoms with van der Waals surface area (Å²) in [5.74, 6) is 2.61. The number of hydrogen-bond donors (Lipinski definition) is 0. The van der Waals surface area contributed by atoms with Crippen LogP contribution in [0.5, 0.6) is 11.6 Å². The lowest BCUT2D eigenvalue weighted by Gasteiger charge is -2.28. The smallest absolute Gasteiger partial charge is 0.257 e. The van der Waals surface area contributed by atoms with Crippen molar-refractivity contribution in [3.05, 3.63) is 65.4 Å². The van der Waals surface area contributed by atoms with E-state index in [1.165, 1.54) is 5.56 Å². The maximum atomic E-state index is 12.0. The van der Waals surface area contributed by atoms with Crippen LogP contribution in [0, 0.1) is 0 Å². The van der Waals surface area contributed by atoms with Crippen molar-refractivity contribution in [1.29, 1.82) is 0 Å². The number of carbonyl (C=O) groups excluding carboxylic acids is 1. The molecular weight excluding hydrogens is 382 g/mol. The van der Waals surface area contributed by atoms with Gasteiger partial charge in [0.05, 0.1) is 6.54 Å².